The van der Waals surface area contributed by atoms with E-state index in [1.165, 1.54) is 19.4 Å². The number of carbonyl (C=O) groups is 4. The summed E-state index contributed by atoms with van der Waals surface area (Å²) in [7, 11) is 1.41. The number of aromatic carboxylic acids is 1. The molecule has 0 radical (unpaired) electrons. The molecule has 1 heterocycles. The van der Waals surface area contributed by atoms with E-state index in [1.54, 1.807) is 50.2 Å². The first-order valence-corrected chi connectivity index (χ1v) is 11.2. The predicted molar refractivity (Wildman–Crippen MR) is 131 cm³/mol. The second-order valence-electron chi connectivity index (χ2n) is 7.68. The highest BCUT2D eigenvalue weighted by atomic mass is 16.5. The fourth-order valence-corrected chi connectivity index (χ4v) is 3.56. The van der Waals surface area contributed by atoms with Gasteiger partial charge >= 0.3 is 18.0 Å². The van der Waals surface area contributed by atoms with Crippen molar-refractivity contribution in [3.05, 3.63) is 70.4 Å². The summed E-state index contributed by atoms with van der Waals surface area (Å²) in [5, 5.41) is 18.2. The van der Waals surface area contributed by atoms with Crippen LogP contribution in [0.25, 0.3) is 0 Å². The van der Waals surface area contributed by atoms with Gasteiger partial charge in [-0.2, -0.15) is 5.10 Å². The molecule has 37 heavy (non-hydrogen) atoms. The van der Waals surface area contributed by atoms with Crippen molar-refractivity contribution >= 4 is 30.1 Å². The average molecular weight is 511 g/mol. The van der Waals surface area contributed by atoms with E-state index < -0.39 is 36.5 Å². The number of rotatable bonds is 10. The van der Waals surface area contributed by atoms with Gasteiger partial charge in [-0.05, 0) is 37.6 Å². The minimum Gasteiger partial charge on any atom is -0.493 e. The molecule has 0 saturated heterocycles. The van der Waals surface area contributed by atoms with E-state index >= 15 is 0 Å². The molecular formula is C25H26N4O8. The van der Waals surface area contributed by atoms with Crippen LogP contribution in [0.2, 0.25) is 0 Å². The van der Waals surface area contributed by atoms with E-state index in [4.69, 9.17) is 14.2 Å². The van der Waals surface area contributed by atoms with Crippen molar-refractivity contribution in [1.82, 2.24) is 16.1 Å². The fraction of sp³-hybridized carbons (Fsp3) is 0.240. The monoisotopic (exact) mass is 510 g/mol. The fourth-order valence-electron chi connectivity index (χ4n) is 3.56. The normalized spacial score (nSPS) is 15.0. The summed E-state index contributed by atoms with van der Waals surface area (Å²) < 4.78 is 16.1. The van der Waals surface area contributed by atoms with Gasteiger partial charge in [-0.3, -0.25) is 4.79 Å². The number of hydrogen-bond donors (Lipinski definition) is 4. The van der Waals surface area contributed by atoms with Crippen LogP contribution in [0.1, 0.15) is 41.4 Å². The molecule has 2 aromatic rings. The number of urea groups is 1. The molecular weight excluding hydrogens is 484 g/mol. The summed E-state index contributed by atoms with van der Waals surface area (Å²) in [6.45, 7) is 3.05. The first kappa shape index (κ1) is 26.7. The number of ether oxygens (including phenoxy) is 3. The summed E-state index contributed by atoms with van der Waals surface area (Å²) in [5.74, 6) is -1.78. The van der Waals surface area contributed by atoms with E-state index in [1.807, 2.05) is 0 Å². The highest BCUT2D eigenvalue weighted by molar-refractivity contribution is 5.98. The molecule has 3 amide bonds. The molecule has 0 bridgehead atoms. The number of esters is 1. The van der Waals surface area contributed by atoms with Gasteiger partial charge in [-0.25, -0.2) is 19.8 Å². The molecule has 0 fully saturated rings. The molecule has 0 unspecified atom stereocenters. The van der Waals surface area contributed by atoms with Gasteiger partial charge in [0, 0.05) is 11.3 Å². The van der Waals surface area contributed by atoms with Gasteiger partial charge in [0.2, 0.25) is 0 Å². The van der Waals surface area contributed by atoms with Crippen LogP contribution in [0.5, 0.6) is 11.5 Å². The Balaban J connectivity index is 1.70. The Morgan fingerprint density at radius 3 is 2.62 bits per heavy atom. The second-order valence-corrected chi connectivity index (χ2v) is 7.68. The van der Waals surface area contributed by atoms with Crippen molar-refractivity contribution in [2.45, 2.75) is 19.9 Å². The number of nitrogens with zero attached hydrogens (tertiary/aromatic N) is 1. The Hall–Kier alpha value is -4.87. The lowest BCUT2D eigenvalue weighted by molar-refractivity contribution is -0.139. The zero-order chi connectivity index (χ0) is 26.9. The van der Waals surface area contributed by atoms with Gasteiger partial charge in [0.25, 0.3) is 5.91 Å². The molecule has 4 N–H and O–H groups in total. The quantitative estimate of drug-likeness (QED) is 0.214. The molecule has 1 aliphatic heterocycles. The lowest BCUT2D eigenvalue weighted by Gasteiger charge is -2.28. The standard InChI is InChI=1S/C25H26N4O8/c1-4-36-24(33)21-14(2)27-25(34)28-22(21)15-9-10-18(19(11-15)35-3)37-13-20(30)29-26-12-16-7-5-6-8-17(16)23(31)32/h5-12,22H,4,13H2,1-3H3,(H,29,30)(H,31,32)(H2,27,28,34)/b26-12+/t22-/m1/s1. The predicted octanol–water partition coefficient (Wildman–Crippen LogP) is 2.11. The Bertz CT molecular complexity index is 1270. The third-order valence-corrected chi connectivity index (χ3v) is 5.23. The van der Waals surface area contributed by atoms with E-state index in [2.05, 4.69) is 21.2 Å². The lowest BCUT2D eigenvalue weighted by atomic mass is 9.95. The van der Waals surface area contributed by atoms with E-state index in [0.717, 1.165) is 0 Å². The second kappa shape index (κ2) is 12.2. The number of allylic oxidation sites excluding steroid dienone is 1. The zero-order valence-electron chi connectivity index (χ0n) is 20.4. The number of carboxylic acids is 1. The van der Waals surface area contributed by atoms with Gasteiger partial charge in [0.05, 0.1) is 37.1 Å². The third kappa shape index (κ3) is 6.63. The minimum atomic E-state index is -1.11. The maximum Gasteiger partial charge on any atom is 0.338 e. The van der Waals surface area contributed by atoms with Crippen LogP contribution in [-0.2, 0) is 14.3 Å². The molecule has 0 aliphatic carbocycles. The summed E-state index contributed by atoms with van der Waals surface area (Å²) in [6, 6.07) is 9.69. The Labute approximate surface area is 212 Å². The summed E-state index contributed by atoms with van der Waals surface area (Å²) in [6.07, 6.45) is 1.22. The molecule has 12 nitrogen and oxygen atoms in total. The lowest BCUT2D eigenvalue weighted by Crippen LogP contribution is -2.45. The molecule has 2 aromatic carbocycles. The van der Waals surface area contributed by atoms with Crippen molar-refractivity contribution in [1.29, 1.82) is 0 Å². The molecule has 0 spiro atoms. The maximum atomic E-state index is 12.5. The summed E-state index contributed by atoms with van der Waals surface area (Å²) in [5.41, 5.74) is 3.79. The van der Waals surface area contributed by atoms with Crippen molar-refractivity contribution < 1.29 is 38.5 Å². The van der Waals surface area contributed by atoms with Crippen molar-refractivity contribution in [3.8, 4) is 11.5 Å². The van der Waals surface area contributed by atoms with Crippen LogP contribution >= 0.6 is 0 Å². The Morgan fingerprint density at radius 2 is 1.92 bits per heavy atom. The van der Waals surface area contributed by atoms with Crippen LogP contribution in [0, 0.1) is 0 Å². The Kier molecular flexibility index (Phi) is 8.81. The first-order valence-electron chi connectivity index (χ1n) is 11.2. The number of hydrazone groups is 1. The molecule has 12 heteroatoms. The average Bonchev–Trinajstić information content (AvgIpc) is 2.87. The molecule has 0 aromatic heterocycles. The van der Waals surface area contributed by atoms with E-state index in [9.17, 15) is 24.3 Å². The van der Waals surface area contributed by atoms with Gasteiger partial charge in [0.1, 0.15) is 0 Å². The maximum absolute atomic E-state index is 12.5. The number of carbonyl (C=O) groups excluding carboxylic acids is 3. The largest absolute Gasteiger partial charge is 0.493 e. The van der Waals surface area contributed by atoms with Gasteiger partial charge in [-0.1, -0.05) is 24.3 Å². The SMILES string of the molecule is CCOC(=O)C1=C(C)NC(=O)N[C@@H]1c1ccc(OCC(=O)N/N=C/c2ccccc2C(=O)O)c(OC)c1. The van der Waals surface area contributed by atoms with Gasteiger partial charge in [0.15, 0.2) is 18.1 Å². The zero-order valence-corrected chi connectivity index (χ0v) is 20.4. The molecule has 0 saturated carbocycles. The summed E-state index contributed by atoms with van der Waals surface area (Å²) in [4.78, 5) is 48.0. The number of carboxylic acid groups (broad SMARTS) is 1. The van der Waals surface area contributed by atoms with Crippen LogP contribution in [-0.4, -0.2) is 55.5 Å². The molecule has 3 rings (SSSR count). The third-order valence-electron chi connectivity index (χ3n) is 5.23. The number of hydrogen-bond acceptors (Lipinski definition) is 8. The van der Waals surface area contributed by atoms with Crippen molar-refractivity contribution in [2.75, 3.05) is 20.3 Å². The smallest absolute Gasteiger partial charge is 0.338 e. The highest BCUT2D eigenvalue weighted by Gasteiger charge is 2.32. The van der Waals surface area contributed by atoms with Crippen molar-refractivity contribution in [2.24, 2.45) is 5.10 Å². The van der Waals surface area contributed by atoms with Gasteiger partial charge < -0.3 is 30.0 Å². The van der Waals surface area contributed by atoms with E-state index in [0.29, 0.717) is 16.8 Å². The molecule has 1 aliphatic rings. The number of benzene rings is 2. The van der Waals surface area contributed by atoms with Crippen molar-refractivity contribution in [3.63, 3.8) is 0 Å². The van der Waals surface area contributed by atoms with Crippen LogP contribution in [0.15, 0.2) is 58.8 Å². The number of amides is 3. The van der Waals surface area contributed by atoms with Gasteiger partial charge in [-0.15, -0.1) is 0 Å². The minimum absolute atomic E-state index is 0.0441. The number of nitrogens with one attached hydrogen (secondary N) is 3. The first-order chi connectivity index (χ1) is 17.7. The molecule has 1 atom stereocenters. The highest BCUT2D eigenvalue weighted by Crippen LogP contribution is 2.34. The number of methoxy groups -OCH3 is 1. The Morgan fingerprint density at radius 1 is 1.16 bits per heavy atom. The topological polar surface area (TPSA) is 165 Å². The summed E-state index contributed by atoms with van der Waals surface area (Å²) >= 11 is 0. The molecule has 194 valence electrons. The van der Waals surface area contributed by atoms with Crippen LogP contribution in [0.3, 0.4) is 0 Å². The van der Waals surface area contributed by atoms with E-state index in [-0.39, 0.29) is 29.2 Å². The van der Waals surface area contributed by atoms with Crippen LogP contribution < -0.4 is 25.5 Å². The van der Waals surface area contributed by atoms with Crippen LogP contribution in [0.4, 0.5) is 4.79 Å².